The molecule has 26 valence electrons. The van der Waals surface area contributed by atoms with Gasteiger partial charge in [-0.25, -0.2) is 0 Å². The summed E-state index contributed by atoms with van der Waals surface area (Å²) in [6, 6.07) is 0. The van der Waals surface area contributed by atoms with E-state index in [9.17, 15) is 0 Å². The Bertz CT molecular complexity index is 8.00. The van der Waals surface area contributed by atoms with Gasteiger partial charge in [0.05, 0.1) is 0 Å². The van der Waals surface area contributed by atoms with Gasteiger partial charge in [-0.2, -0.15) is 0 Å². The molecule has 1 unspecified atom stereocenters. The summed E-state index contributed by atoms with van der Waals surface area (Å²) in [7, 11) is 0.771. The third kappa shape index (κ3) is 2.35. The molecule has 0 saturated heterocycles. The lowest BCUT2D eigenvalue weighted by atomic mass is 11.8. The highest BCUT2D eigenvalue weighted by atomic mass is 31.1. The van der Waals surface area contributed by atoms with E-state index in [1.165, 1.54) is 7.11 Å². The smallest absolute Gasteiger partial charge is 0.0378 e. The molecule has 1 atom stereocenters. The molecule has 0 heterocycles. The first kappa shape index (κ1) is 4.35. The summed E-state index contributed by atoms with van der Waals surface area (Å²) >= 11 is 0. The van der Waals surface area contributed by atoms with Crippen LogP contribution in [0.4, 0.5) is 0 Å². The van der Waals surface area contributed by atoms with Gasteiger partial charge in [0.15, 0.2) is 0 Å². The summed E-state index contributed by atoms with van der Waals surface area (Å²) in [5, 5.41) is 0. The molecule has 0 amide bonds. The first-order chi connectivity index (χ1) is 1.91. The predicted octanol–water partition coefficient (Wildman–Crippen LogP) is -0.498. The Balaban J connectivity index is 1.97. The van der Waals surface area contributed by atoms with Crippen molar-refractivity contribution in [3.05, 3.63) is 0 Å². The minimum absolute atomic E-state index is 0.610. The summed E-state index contributed by atoms with van der Waals surface area (Å²) in [4.78, 5) is 9.10. The van der Waals surface area contributed by atoms with E-state index in [-0.39, 0.29) is 0 Å². The van der Waals surface area contributed by atoms with Gasteiger partial charge in [0, 0.05) is 7.11 Å². The van der Waals surface area contributed by atoms with E-state index >= 15 is 0 Å². The second kappa shape index (κ2) is 3.35. The quantitative estimate of drug-likeness (QED) is 0.397. The molecule has 0 fully saturated rings. The zero-order valence-corrected chi connectivity index (χ0v) is 3.32. The minimum Gasteiger partial charge on any atom is -0.810 e. The number of hydrogen-bond donors (Lipinski definition) is 0. The maximum atomic E-state index is 9.10. The van der Waals surface area contributed by atoms with Gasteiger partial charge in [-0.15, -0.1) is 0 Å². The molecule has 0 radical (unpaired) electrons. The lowest BCUT2D eigenvalue weighted by Crippen LogP contribution is -1.78. The molecule has 3 heteroatoms. The third-order valence-electron chi connectivity index (χ3n) is 0.0833. The Morgan fingerprint density at radius 1 is 2.00 bits per heavy atom. The first-order valence-corrected chi connectivity index (χ1v) is 1.63. The van der Waals surface area contributed by atoms with Crippen LogP contribution < -0.4 is 4.89 Å². The molecule has 0 aliphatic heterocycles. The number of rotatable bonds is 1. The maximum absolute atomic E-state index is 9.10. The van der Waals surface area contributed by atoms with Crippen molar-refractivity contribution in [1.29, 1.82) is 0 Å². The highest BCUT2D eigenvalue weighted by Gasteiger charge is 1.37. The zero-order chi connectivity index (χ0) is 3.41. The van der Waals surface area contributed by atoms with Crippen LogP contribution in [0, 0.1) is 0 Å². The van der Waals surface area contributed by atoms with Gasteiger partial charge < -0.3 is 9.42 Å². The van der Waals surface area contributed by atoms with Crippen LogP contribution >= 0.6 is 9.03 Å². The van der Waals surface area contributed by atoms with E-state index in [4.69, 9.17) is 4.89 Å². The lowest BCUT2D eigenvalue weighted by Gasteiger charge is -1.93. The highest BCUT2D eigenvalue weighted by Crippen LogP contribution is 1.87. The van der Waals surface area contributed by atoms with Gasteiger partial charge in [0.25, 0.3) is 0 Å². The maximum Gasteiger partial charge on any atom is 0.0378 e. The van der Waals surface area contributed by atoms with Gasteiger partial charge in [-0.05, 0) is 0 Å². The SMILES string of the molecule is COP[O-]. The van der Waals surface area contributed by atoms with Crippen LogP contribution in [0.2, 0.25) is 0 Å². The van der Waals surface area contributed by atoms with Crippen molar-refractivity contribution in [2.75, 3.05) is 7.11 Å². The molecule has 0 aliphatic carbocycles. The van der Waals surface area contributed by atoms with Crippen molar-refractivity contribution >= 4 is 9.03 Å². The lowest BCUT2D eigenvalue weighted by molar-refractivity contribution is -0.167. The van der Waals surface area contributed by atoms with Gasteiger partial charge in [0.2, 0.25) is 0 Å². The van der Waals surface area contributed by atoms with Crippen molar-refractivity contribution in [2.24, 2.45) is 0 Å². The fraction of sp³-hybridized carbons (Fsp3) is 1.00. The molecule has 4 heavy (non-hydrogen) atoms. The Labute approximate surface area is 26.7 Å². The van der Waals surface area contributed by atoms with Crippen LogP contribution in [0.25, 0.3) is 0 Å². The normalized spacial score (nSPS) is 10.5. The third-order valence-corrected chi connectivity index (χ3v) is 0.250. The molecular formula is CH4O2P-. The summed E-state index contributed by atoms with van der Waals surface area (Å²) in [6.07, 6.45) is 0. The topological polar surface area (TPSA) is 32.3 Å². The van der Waals surface area contributed by atoms with Gasteiger partial charge >= 0.3 is 0 Å². The molecule has 0 aliphatic rings. The standard InChI is InChI=1S/CH4O2P/c1-3-4-2/h4H,1H3/q-1. The van der Waals surface area contributed by atoms with Crippen molar-refractivity contribution in [1.82, 2.24) is 0 Å². The molecule has 0 N–H and O–H groups in total. The fourth-order valence-corrected chi connectivity index (χ4v) is 0. The average Bonchev–Trinajstić information content (AvgIpc) is 1.37. The molecule has 0 aromatic heterocycles. The predicted molar refractivity (Wildman–Crippen MR) is 15.3 cm³/mol. The van der Waals surface area contributed by atoms with E-state index in [1.807, 2.05) is 0 Å². The fourth-order valence-electron chi connectivity index (χ4n) is 0. The number of hydrogen-bond acceptors (Lipinski definition) is 2. The van der Waals surface area contributed by atoms with Crippen LogP contribution in [-0.2, 0) is 4.52 Å². The molecule has 0 bridgehead atoms. The molecule has 0 aromatic carbocycles. The molecular weight excluding hydrogens is 75.0 g/mol. The van der Waals surface area contributed by atoms with Crippen LogP contribution in [0.15, 0.2) is 0 Å². The molecule has 0 spiro atoms. The molecule has 0 rings (SSSR count). The Kier molecular flexibility index (Phi) is 3.64. The van der Waals surface area contributed by atoms with Crippen molar-refractivity contribution in [2.45, 2.75) is 0 Å². The highest BCUT2D eigenvalue weighted by molar-refractivity contribution is 7.23. The van der Waals surface area contributed by atoms with E-state index < -0.39 is 9.03 Å². The largest absolute Gasteiger partial charge is 0.810 e. The van der Waals surface area contributed by atoms with Crippen molar-refractivity contribution < 1.29 is 9.42 Å². The zero-order valence-electron chi connectivity index (χ0n) is 2.32. The van der Waals surface area contributed by atoms with E-state index in [1.54, 1.807) is 0 Å². The van der Waals surface area contributed by atoms with Crippen LogP contribution in [0.1, 0.15) is 0 Å². The Morgan fingerprint density at radius 2 is 2.25 bits per heavy atom. The summed E-state index contributed by atoms with van der Waals surface area (Å²) < 4.78 is 4.01. The van der Waals surface area contributed by atoms with Crippen LogP contribution in [0.5, 0.6) is 0 Å². The van der Waals surface area contributed by atoms with Crippen LogP contribution in [0.3, 0.4) is 0 Å². The van der Waals surface area contributed by atoms with E-state index in [0.717, 1.165) is 0 Å². The molecule has 2 nitrogen and oxygen atoms in total. The second-order valence-corrected chi connectivity index (χ2v) is 0.862. The van der Waals surface area contributed by atoms with Crippen LogP contribution in [-0.4, -0.2) is 7.11 Å². The van der Waals surface area contributed by atoms with Crippen molar-refractivity contribution in [3.63, 3.8) is 0 Å². The first-order valence-electron chi connectivity index (χ1n) is 0.816. The molecule has 0 aromatic rings. The van der Waals surface area contributed by atoms with E-state index in [0.29, 0.717) is 0 Å². The van der Waals surface area contributed by atoms with Crippen molar-refractivity contribution in [3.8, 4) is 0 Å². The van der Waals surface area contributed by atoms with Gasteiger partial charge in [0.1, 0.15) is 0 Å². The average molecular weight is 79.0 g/mol. The summed E-state index contributed by atoms with van der Waals surface area (Å²) in [6.45, 7) is 0. The Hall–Kier alpha value is 0.350. The summed E-state index contributed by atoms with van der Waals surface area (Å²) in [5.41, 5.74) is 0. The second-order valence-electron chi connectivity index (χ2n) is 0.287. The van der Waals surface area contributed by atoms with E-state index in [2.05, 4.69) is 4.52 Å². The monoisotopic (exact) mass is 79.0 g/mol. The minimum atomic E-state index is -0.610. The summed E-state index contributed by atoms with van der Waals surface area (Å²) in [5.74, 6) is 0. The van der Waals surface area contributed by atoms with Gasteiger partial charge in [-0.3, -0.25) is 0 Å². The van der Waals surface area contributed by atoms with Gasteiger partial charge in [-0.1, -0.05) is 9.03 Å². The Morgan fingerprint density at radius 3 is 2.25 bits per heavy atom. The molecule has 0 saturated carbocycles.